The Labute approximate surface area is 165 Å². The smallest absolute Gasteiger partial charge is 0.303 e. The van der Waals surface area contributed by atoms with E-state index in [0.717, 1.165) is 32.6 Å². The van der Waals surface area contributed by atoms with Crippen LogP contribution in [-0.2, 0) is 4.79 Å². The van der Waals surface area contributed by atoms with Crippen molar-refractivity contribution in [1.82, 2.24) is 14.7 Å². The number of nitrogens with zero attached hydrogens (tertiary/aromatic N) is 3. The van der Waals surface area contributed by atoms with E-state index < -0.39 is 5.97 Å². The molecule has 1 amide bonds. The number of likely N-dealkylation sites (tertiary alicyclic amines) is 1. The van der Waals surface area contributed by atoms with Crippen molar-refractivity contribution < 1.29 is 19.1 Å². The van der Waals surface area contributed by atoms with E-state index in [9.17, 15) is 14.0 Å². The number of benzene rings is 1. The molecule has 2 atom stereocenters. The first-order valence-corrected chi connectivity index (χ1v) is 10.0. The normalized spacial score (nSPS) is 24.3. The summed E-state index contributed by atoms with van der Waals surface area (Å²) in [5, 5.41) is 9.14. The highest BCUT2D eigenvalue weighted by Gasteiger charge is 2.36. The third-order valence-electron chi connectivity index (χ3n) is 6.14. The number of carboxylic acid groups (broad SMARTS) is 1. The number of carbonyl (C=O) groups is 2. The average Bonchev–Trinajstić information content (AvgIpc) is 2.68. The first-order valence-electron chi connectivity index (χ1n) is 10.0. The number of carbonyl (C=O) groups excluding carboxylic acids is 1. The van der Waals surface area contributed by atoms with E-state index in [4.69, 9.17) is 5.11 Å². The summed E-state index contributed by atoms with van der Waals surface area (Å²) >= 11 is 0. The Morgan fingerprint density at radius 2 is 1.89 bits per heavy atom. The zero-order chi connectivity index (χ0) is 20.3. The lowest BCUT2D eigenvalue weighted by molar-refractivity contribution is -0.137. The highest BCUT2D eigenvalue weighted by molar-refractivity contribution is 5.94. The molecular weight excluding hydrogens is 361 g/mol. The van der Waals surface area contributed by atoms with Crippen LogP contribution in [0.25, 0.3) is 0 Å². The number of hydrogen-bond acceptors (Lipinski definition) is 4. The number of likely N-dealkylation sites (N-methyl/N-ethyl adjacent to an activating group) is 1. The number of rotatable bonds is 5. The molecule has 0 aromatic heterocycles. The van der Waals surface area contributed by atoms with Gasteiger partial charge in [0.05, 0.1) is 0 Å². The van der Waals surface area contributed by atoms with Gasteiger partial charge < -0.3 is 14.9 Å². The van der Waals surface area contributed by atoms with Gasteiger partial charge in [-0.2, -0.15) is 0 Å². The van der Waals surface area contributed by atoms with E-state index in [-0.39, 0.29) is 24.1 Å². The summed E-state index contributed by atoms with van der Waals surface area (Å²) in [7, 11) is 2.11. The Kier molecular flexibility index (Phi) is 6.67. The van der Waals surface area contributed by atoms with Gasteiger partial charge in [-0.3, -0.25) is 14.5 Å². The molecule has 3 rings (SSSR count). The Balaban J connectivity index is 1.71. The lowest BCUT2D eigenvalue weighted by atomic mass is 9.86. The summed E-state index contributed by atoms with van der Waals surface area (Å²) in [4.78, 5) is 30.6. The second-order valence-electron chi connectivity index (χ2n) is 8.10. The standard InChI is InChI=1S/C21H30FN3O3/c1-15-3-4-16(13-18(15)22)21(28)25-8-7-19(17(14-25)5-6-20(26)27)24-11-9-23(2)10-12-24/h3-4,13,17,19H,5-12,14H2,1-2H3,(H,26,27)/t17-,19+/m0/s1. The van der Waals surface area contributed by atoms with Crippen LogP contribution in [0.5, 0.6) is 0 Å². The van der Waals surface area contributed by atoms with Crippen LogP contribution in [-0.4, -0.2) is 84.0 Å². The van der Waals surface area contributed by atoms with Crippen molar-refractivity contribution in [2.75, 3.05) is 46.3 Å². The maximum Gasteiger partial charge on any atom is 0.303 e. The molecule has 0 aliphatic carbocycles. The SMILES string of the molecule is Cc1ccc(C(=O)N2CC[C@@H](N3CCN(C)CC3)[C@@H](CCC(=O)O)C2)cc1F. The molecule has 2 saturated heterocycles. The summed E-state index contributed by atoms with van der Waals surface area (Å²) in [5.74, 6) is -1.23. The summed E-state index contributed by atoms with van der Waals surface area (Å²) in [6, 6.07) is 4.89. The largest absolute Gasteiger partial charge is 0.481 e. The molecule has 1 aromatic rings. The third-order valence-corrected chi connectivity index (χ3v) is 6.14. The highest BCUT2D eigenvalue weighted by Crippen LogP contribution is 2.28. The molecule has 154 valence electrons. The number of halogens is 1. The van der Waals surface area contributed by atoms with Crippen molar-refractivity contribution in [1.29, 1.82) is 0 Å². The number of carboxylic acids is 1. The molecule has 2 aliphatic heterocycles. The molecule has 2 aliphatic rings. The fourth-order valence-corrected chi connectivity index (χ4v) is 4.34. The minimum absolute atomic E-state index is 0.107. The van der Waals surface area contributed by atoms with E-state index in [0.29, 0.717) is 36.7 Å². The summed E-state index contributed by atoms with van der Waals surface area (Å²) in [5.41, 5.74) is 0.878. The van der Waals surface area contributed by atoms with Crippen molar-refractivity contribution in [3.05, 3.63) is 35.1 Å². The van der Waals surface area contributed by atoms with Crippen molar-refractivity contribution in [2.45, 2.75) is 32.2 Å². The Hall–Kier alpha value is -1.99. The maximum atomic E-state index is 13.9. The lowest BCUT2D eigenvalue weighted by Crippen LogP contribution is -2.57. The van der Waals surface area contributed by atoms with Crippen LogP contribution >= 0.6 is 0 Å². The fraction of sp³-hybridized carbons (Fsp3) is 0.619. The zero-order valence-electron chi connectivity index (χ0n) is 16.7. The van der Waals surface area contributed by atoms with Gasteiger partial charge in [0.2, 0.25) is 0 Å². The molecule has 28 heavy (non-hydrogen) atoms. The summed E-state index contributed by atoms with van der Waals surface area (Å²) < 4.78 is 13.9. The molecule has 7 heteroatoms. The van der Waals surface area contributed by atoms with Crippen molar-refractivity contribution in [2.24, 2.45) is 5.92 Å². The average molecular weight is 391 g/mol. The van der Waals surface area contributed by atoms with Gasteiger partial charge in [0.25, 0.3) is 5.91 Å². The Morgan fingerprint density at radius 3 is 2.54 bits per heavy atom. The highest BCUT2D eigenvalue weighted by atomic mass is 19.1. The zero-order valence-corrected chi connectivity index (χ0v) is 16.7. The minimum atomic E-state index is -0.804. The van der Waals surface area contributed by atoms with Gasteiger partial charge in [0.15, 0.2) is 0 Å². The minimum Gasteiger partial charge on any atom is -0.481 e. The second kappa shape index (κ2) is 9.01. The molecule has 0 saturated carbocycles. The molecule has 6 nitrogen and oxygen atoms in total. The van der Waals surface area contributed by atoms with E-state index in [2.05, 4.69) is 16.8 Å². The van der Waals surface area contributed by atoms with Crippen LogP contribution in [0.4, 0.5) is 4.39 Å². The van der Waals surface area contributed by atoms with Gasteiger partial charge in [-0.25, -0.2) is 4.39 Å². The Morgan fingerprint density at radius 1 is 1.18 bits per heavy atom. The monoisotopic (exact) mass is 391 g/mol. The fourth-order valence-electron chi connectivity index (χ4n) is 4.34. The number of amides is 1. The molecule has 2 heterocycles. The predicted molar refractivity (Wildman–Crippen MR) is 105 cm³/mol. The van der Waals surface area contributed by atoms with Gasteiger partial charge in [0, 0.05) is 57.3 Å². The quantitative estimate of drug-likeness (QED) is 0.833. The summed E-state index contributed by atoms with van der Waals surface area (Å²) in [6.45, 7) is 6.78. The molecule has 1 N–H and O–H groups in total. The van der Waals surface area contributed by atoms with Gasteiger partial charge in [-0.15, -0.1) is 0 Å². The first kappa shape index (κ1) is 20.7. The van der Waals surface area contributed by atoms with E-state index >= 15 is 0 Å². The van der Waals surface area contributed by atoms with E-state index in [1.165, 1.54) is 6.07 Å². The van der Waals surface area contributed by atoms with Gasteiger partial charge in [0.1, 0.15) is 5.82 Å². The molecule has 0 bridgehead atoms. The third kappa shape index (κ3) is 4.89. The van der Waals surface area contributed by atoms with Gasteiger partial charge in [-0.05, 0) is 50.4 Å². The van der Waals surface area contributed by atoms with E-state index in [1.54, 1.807) is 24.0 Å². The first-order chi connectivity index (χ1) is 13.3. The molecule has 0 radical (unpaired) electrons. The number of hydrogen-bond donors (Lipinski definition) is 1. The topological polar surface area (TPSA) is 64.1 Å². The van der Waals surface area contributed by atoms with Crippen LogP contribution in [0.15, 0.2) is 18.2 Å². The number of aliphatic carboxylic acids is 1. The van der Waals surface area contributed by atoms with Crippen LogP contribution in [0.2, 0.25) is 0 Å². The van der Waals surface area contributed by atoms with Crippen LogP contribution in [0.3, 0.4) is 0 Å². The van der Waals surface area contributed by atoms with Crippen LogP contribution in [0, 0.1) is 18.7 Å². The van der Waals surface area contributed by atoms with E-state index in [1.807, 2.05) is 0 Å². The number of aryl methyl sites for hydroxylation is 1. The van der Waals surface area contributed by atoms with Gasteiger partial charge >= 0.3 is 5.97 Å². The predicted octanol–water partition coefficient (Wildman–Crippen LogP) is 2.08. The van der Waals surface area contributed by atoms with Gasteiger partial charge in [-0.1, -0.05) is 6.07 Å². The van der Waals surface area contributed by atoms with Crippen molar-refractivity contribution in [3.63, 3.8) is 0 Å². The molecule has 0 unspecified atom stereocenters. The van der Waals surface area contributed by atoms with Crippen molar-refractivity contribution >= 4 is 11.9 Å². The molecule has 0 spiro atoms. The second-order valence-corrected chi connectivity index (χ2v) is 8.10. The Bertz CT molecular complexity index is 719. The van der Waals surface area contributed by atoms with Crippen LogP contribution < -0.4 is 0 Å². The maximum absolute atomic E-state index is 13.9. The summed E-state index contributed by atoms with van der Waals surface area (Å²) in [6.07, 6.45) is 1.49. The molecule has 2 fully saturated rings. The molecule has 1 aromatic carbocycles. The lowest BCUT2D eigenvalue weighted by Gasteiger charge is -2.46. The van der Waals surface area contributed by atoms with Crippen LogP contribution in [0.1, 0.15) is 35.2 Å². The number of piperazine rings is 1. The number of piperidine rings is 1. The van der Waals surface area contributed by atoms with Crippen molar-refractivity contribution in [3.8, 4) is 0 Å². The molecular formula is C21H30FN3O3.